The Labute approximate surface area is 149 Å². The van der Waals surface area contributed by atoms with Crippen molar-refractivity contribution in [1.82, 2.24) is 0 Å². The molecular formula is C19H16O5S. The van der Waals surface area contributed by atoms with E-state index in [-0.39, 0.29) is 4.91 Å². The molecule has 0 radical (unpaired) electrons. The molecule has 5 nitrogen and oxygen atoms in total. The number of esters is 2. The smallest absolute Gasteiger partial charge is 0.338 e. The monoisotopic (exact) mass is 356 g/mol. The second kappa shape index (κ2) is 9.44. The quantitative estimate of drug-likeness (QED) is 0.327. The predicted molar refractivity (Wildman–Crippen MR) is 93.9 cm³/mol. The number of carbonyl (C=O) groups is 3. The van der Waals surface area contributed by atoms with Crippen LogP contribution >= 0.6 is 11.8 Å². The van der Waals surface area contributed by atoms with Gasteiger partial charge in [0.2, 0.25) is 5.78 Å². The van der Waals surface area contributed by atoms with Gasteiger partial charge in [-0.25, -0.2) is 4.79 Å². The summed E-state index contributed by atoms with van der Waals surface area (Å²) in [5.74, 6) is -1.59. The molecular weight excluding hydrogens is 340 g/mol. The van der Waals surface area contributed by atoms with E-state index in [9.17, 15) is 14.4 Å². The van der Waals surface area contributed by atoms with Gasteiger partial charge in [0.15, 0.2) is 6.61 Å². The fourth-order valence-electron chi connectivity index (χ4n) is 1.76. The van der Waals surface area contributed by atoms with E-state index in [1.165, 1.54) is 6.92 Å². The lowest BCUT2D eigenvalue weighted by Gasteiger charge is -2.08. The molecule has 6 heteroatoms. The molecule has 0 unspecified atom stereocenters. The van der Waals surface area contributed by atoms with Crippen LogP contribution in [-0.2, 0) is 19.1 Å². The van der Waals surface area contributed by atoms with Crippen molar-refractivity contribution in [3.63, 3.8) is 0 Å². The van der Waals surface area contributed by atoms with Crippen molar-refractivity contribution in [1.29, 1.82) is 0 Å². The van der Waals surface area contributed by atoms with Crippen LogP contribution in [0.4, 0.5) is 0 Å². The minimum atomic E-state index is -0.592. The van der Waals surface area contributed by atoms with E-state index in [0.29, 0.717) is 5.56 Å². The molecule has 0 aromatic heterocycles. The van der Waals surface area contributed by atoms with Crippen LogP contribution in [0.3, 0.4) is 0 Å². The molecule has 0 bridgehead atoms. The van der Waals surface area contributed by atoms with Crippen LogP contribution in [0.2, 0.25) is 0 Å². The Bertz CT molecular complexity index is 769. The molecule has 0 heterocycles. The summed E-state index contributed by atoms with van der Waals surface area (Å²) in [6, 6.07) is 17.5. The molecule has 0 N–H and O–H groups in total. The number of benzene rings is 2. The standard InChI is InChI=1S/C19H16O5S/c1-14(20)23-13-18(25-16-10-6-3-7-11-16)17(21)12-24-19(22)15-8-4-2-5-9-15/h2-11,13H,12H2,1H3/b18-13-. The van der Waals surface area contributed by atoms with Crippen LogP contribution in [0.25, 0.3) is 0 Å². The molecule has 128 valence electrons. The summed E-state index contributed by atoms with van der Waals surface area (Å²) < 4.78 is 9.84. The highest BCUT2D eigenvalue weighted by atomic mass is 32.2. The first-order valence-corrected chi connectivity index (χ1v) is 8.23. The lowest BCUT2D eigenvalue weighted by Crippen LogP contribution is -2.15. The maximum absolute atomic E-state index is 12.3. The highest BCUT2D eigenvalue weighted by Crippen LogP contribution is 2.27. The highest BCUT2D eigenvalue weighted by molar-refractivity contribution is 8.04. The van der Waals surface area contributed by atoms with Crippen molar-refractivity contribution < 1.29 is 23.9 Å². The summed E-state index contributed by atoms with van der Waals surface area (Å²) in [6.07, 6.45) is 1.08. The van der Waals surface area contributed by atoms with Gasteiger partial charge >= 0.3 is 11.9 Å². The lowest BCUT2D eigenvalue weighted by molar-refractivity contribution is -0.135. The van der Waals surface area contributed by atoms with Gasteiger partial charge in [-0.05, 0) is 24.3 Å². The second-order valence-corrected chi connectivity index (χ2v) is 5.99. The zero-order chi connectivity index (χ0) is 18.1. The first-order valence-electron chi connectivity index (χ1n) is 7.42. The number of Topliss-reactive ketones (excluding diaryl/α,β-unsaturated/α-hetero) is 1. The number of ketones is 1. The molecule has 0 amide bonds. The maximum Gasteiger partial charge on any atom is 0.338 e. The van der Waals surface area contributed by atoms with Crippen molar-refractivity contribution in [2.24, 2.45) is 0 Å². The van der Waals surface area contributed by atoms with Crippen molar-refractivity contribution >= 4 is 29.5 Å². The number of hydrogen-bond donors (Lipinski definition) is 0. The van der Waals surface area contributed by atoms with Gasteiger partial charge in [0.1, 0.15) is 6.26 Å². The number of rotatable bonds is 7. The Kier molecular flexibility index (Phi) is 6.98. The Morgan fingerprint density at radius 1 is 0.960 bits per heavy atom. The van der Waals surface area contributed by atoms with Gasteiger partial charge < -0.3 is 9.47 Å². The predicted octanol–water partition coefficient (Wildman–Crippen LogP) is 3.61. The van der Waals surface area contributed by atoms with Crippen LogP contribution in [-0.4, -0.2) is 24.3 Å². The normalized spacial score (nSPS) is 10.8. The molecule has 0 aliphatic rings. The van der Waals surface area contributed by atoms with Crippen LogP contribution in [0.15, 0.2) is 76.7 Å². The maximum atomic E-state index is 12.3. The number of hydrogen-bond acceptors (Lipinski definition) is 6. The third kappa shape index (κ3) is 6.27. The van der Waals surface area contributed by atoms with Gasteiger partial charge in [0.05, 0.1) is 10.5 Å². The number of carbonyl (C=O) groups excluding carboxylic acids is 3. The zero-order valence-corrected chi connectivity index (χ0v) is 14.3. The fourth-order valence-corrected chi connectivity index (χ4v) is 2.57. The van der Waals surface area contributed by atoms with Gasteiger partial charge in [-0.3, -0.25) is 9.59 Å². The van der Waals surface area contributed by atoms with Gasteiger partial charge in [0, 0.05) is 11.8 Å². The van der Waals surface area contributed by atoms with E-state index in [2.05, 4.69) is 0 Å². The Morgan fingerprint density at radius 3 is 2.16 bits per heavy atom. The van der Waals surface area contributed by atoms with Crippen LogP contribution in [0, 0.1) is 0 Å². The highest BCUT2D eigenvalue weighted by Gasteiger charge is 2.16. The number of ether oxygens (including phenoxy) is 2. The van der Waals surface area contributed by atoms with E-state index < -0.39 is 24.3 Å². The average molecular weight is 356 g/mol. The van der Waals surface area contributed by atoms with Crippen LogP contribution < -0.4 is 0 Å². The molecule has 2 aromatic carbocycles. The molecule has 2 aromatic rings. The molecule has 25 heavy (non-hydrogen) atoms. The SMILES string of the molecule is CC(=O)O/C=C(\Sc1ccccc1)C(=O)COC(=O)c1ccccc1. The van der Waals surface area contributed by atoms with Crippen molar-refractivity contribution in [2.45, 2.75) is 11.8 Å². The average Bonchev–Trinajstić information content (AvgIpc) is 2.64. The molecule has 0 atom stereocenters. The van der Waals surface area contributed by atoms with E-state index in [4.69, 9.17) is 9.47 Å². The first kappa shape index (κ1) is 18.5. The van der Waals surface area contributed by atoms with Crippen LogP contribution in [0.1, 0.15) is 17.3 Å². The van der Waals surface area contributed by atoms with Gasteiger partial charge in [0.25, 0.3) is 0 Å². The Balaban J connectivity index is 2.03. The molecule has 0 saturated heterocycles. The molecule has 0 aliphatic heterocycles. The summed E-state index contributed by atoms with van der Waals surface area (Å²) in [6.45, 7) is 0.794. The van der Waals surface area contributed by atoms with E-state index in [0.717, 1.165) is 22.9 Å². The van der Waals surface area contributed by atoms with Crippen molar-refractivity contribution in [2.75, 3.05) is 6.61 Å². The lowest BCUT2D eigenvalue weighted by atomic mass is 10.2. The first-order chi connectivity index (χ1) is 12.1. The largest absolute Gasteiger partial charge is 0.454 e. The molecule has 0 aliphatic carbocycles. The van der Waals surface area contributed by atoms with E-state index >= 15 is 0 Å². The topological polar surface area (TPSA) is 69.7 Å². The molecule has 0 spiro atoms. The fraction of sp³-hybridized carbons (Fsp3) is 0.105. The Hall–Kier alpha value is -2.86. The molecule has 0 fully saturated rings. The van der Waals surface area contributed by atoms with Crippen LogP contribution in [0.5, 0.6) is 0 Å². The second-order valence-electron chi connectivity index (χ2n) is 4.87. The van der Waals surface area contributed by atoms with Gasteiger partial charge in [-0.15, -0.1) is 0 Å². The summed E-state index contributed by atoms with van der Waals surface area (Å²) in [5.41, 5.74) is 0.358. The van der Waals surface area contributed by atoms with Gasteiger partial charge in [-0.2, -0.15) is 0 Å². The molecule has 2 rings (SSSR count). The zero-order valence-electron chi connectivity index (χ0n) is 13.5. The van der Waals surface area contributed by atoms with Crippen molar-refractivity contribution in [3.05, 3.63) is 77.4 Å². The summed E-state index contributed by atoms with van der Waals surface area (Å²) >= 11 is 1.13. The molecule has 0 saturated carbocycles. The van der Waals surface area contributed by atoms with E-state index in [1.807, 2.05) is 30.3 Å². The minimum Gasteiger partial charge on any atom is -0.454 e. The summed E-state index contributed by atoms with van der Waals surface area (Å²) in [4.78, 5) is 36.2. The third-order valence-corrected chi connectivity index (χ3v) is 3.97. The third-order valence-electron chi connectivity index (χ3n) is 2.92. The van der Waals surface area contributed by atoms with Crippen molar-refractivity contribution in [3.8, 4) is 0 Å². The summed E-state index contributed by atoms with van der Waals surface area (Å²) in [7, 11) is 0. The minimum absolute atomic E-state index is 0.169. The summed E-state index contributed by atoms with van der Waals surface area (Å²) in [5, 5.41) is 0. The van der Waals surface area contributed by atoms with Gasteiger partial charge in [-0.1, -0.05) is 48.2 Å². The van der Waals surface area contributed by atoms with E-state index in [1.54, 1.807) is 30.3 Å². The number of thioether (sulfide) groups is 1. The Morgan fingerprint density at radius 2 is 1.56 bits per heavy atom.